The maximum absolute atomic E-state index is 12.1. The standard InChI is InChI=1S/C23H19IO4/c1-16-2-6-18(7-3-16)22(25)27-15-14-17-4-12-21(13-5-17)28-23(26)19-8-10-20(24)11-9-19/h2-13H,14-15H2,1H3. The quantitative estimate of drug-likeness (QED) is 0.273. The highest BCUT2D eigenvalue weighted by molar-refractivity contribution is 14.1. The minimum absolute atomic E-state index is 0.286. The summed E-state index contributed by atoms with van der Waals surface area (Å²) in [6, 6.07) is 21.7. The summed E-state index contributed by atoms with van der Waals surface area (Å²) in [4.78, 5) is 24.1. The van der Waals surface area contributed by atoms with Gasteiger partial charge in [-0.15, -0.1) is 0 Å². The van der Waals surface area contributed by atoms with Crippen LogP contribution in [0.3, 0.4) is 0 Å². The van der Waals surface area contributed by atoms with Gasteiger partial charge < -0.3 is 9.47 Å². The van der Waals surface area contributed by atoms with Gasteiger partial charge in [-0.3, -0.25) is 0 Å². The van der Waals surface area contributed by atoms with Gasteiger partial charge >= 0.3 is 11.9 Å². The van der Waals surface area contributed by atoms with Gasteiger partial charge in [0.05, 0.1) is 17.7 Å². The summed E-state index contributed by atoms with van der Waals surface area (Å²) in [6.45, 7) is 2.25. The van der Waals surface area contributed by atoms with Gasteiger partial charge in [-0.2, -0.15) is 0 Å². The van der Waals surface area contributed by atoms with E-state index in [4.69, 9.17) is 9.47 Å². The Morgan fingerprint density at radius 1 is 0.786 bits per heavy atom. The molecule has 3 aromatic carbocycles. The third-order valence-corrected chi connectivity index (χ3v) is 4.84. The first kappa shape index (κ1) is 20.1. The van der Waals surface area contributed by atoms with Crippen molar-refractivity contribution in [3.05, 3.63) is 98.6 Å². The van der Waals surface area contributed by atoms with Crippen LogP contribution in [0.1, 0.15) is 31.8 Å². The topological polar surface area (TPSA) is 52.6 Å². The van der Waals surface area contributed by atoms with E-state index in [2.05, 4.69) is 22.6 Å². The number of esters is 2. The highest BCUT2D eigenvalue weighted by Crippen LogP contribution is 2.16. The van der Waals surface area contributed by atoms with Gasteiger partial charge in [-0.1, -0.05) is 29.8 Å². The molecular weight excluding hydrogens is 467 g/mol. The predicted octanol–water partition coefficient (Wildman–Crippen LogP) is 5.22. The van der Waals surface area contributed by atoms with E-state index in [1.807, 2.05) is 43.3 Å². The van der Waals surface area contributed by atoms with Crippen molar-refractivity contribution in [1.82, 2.24) is 0 Å². The summed E-state index contributed by atoms with van der Waals surface area (Å²) in [5.74, 6) is -0.247. The zero-order valence-corrected chi connectivity index (χ0v) is 17.5. The molecule has 0 aliphatic rings. The second-order valence-corrected chi connectivity index (χ2v) is 7.54. The lowest BCUT2D eigenvalue weighted by molar-refractivity contribution is 0.0508. The van der Waals surface area contributed by atoms with E-state index >= 15 is 0 Å². The van der Waals surface area contributed by atoms with Crippen LogP contribution in [0.4, 0.5) is 0 Å². The molecule has 3 rings (SSSR count). The molecule has 0 aliphatic carbocycles. The lowest BCUT2D eigenvalue weighted by atomic mass is 10.1. The number of ether oxygens (including phenoxy) is 2. The average Bonchev–Trinajstić information content (AvgIpc) is 2.70. The number of hydrogen-bond acceptors (Lipinski definition) is 4. The van der Waals surface area contributed by atoms with E-state index in [9.17, 15) is 9.59 Å². The summed E-state index contributed by atoms with van der Waals surface area (Å²) in [5.41, 5.74) is 3.14. The largest absolute Gasteiger partial charge is 0.462 e. The Morgan fingerprint density at radius 3 is 2.00 bits per heavy atom. The van der Waals surface area contributed by atoms with Crippen LogP contribution in [0.2, 0.25) is 0 Å². The van der Waals surface area contributed by atoms with E-state index in [-0.39, 0.29) is 12.6 Å². The number of hydrogen-bond donors (Lipinski definition) is 0. The van der Waals surface area contributed by atoms with Gasteiger partial charge in [0.15, 0.2) is 0 Å². The van der Waals surface area contributed by atoms with Crippen LogP contribution in [0.25, 0.3) is 0 Å². The van der Waals surface area contributed by atoms with Crippen LogP contribution in [0.5, 0.6) is 5.75 Å². The zero-order chi connectivity index (χ0) is 19.9. The van der Waals surface area contributed by atoms with Crippen LogP contribution < -0.4 is 4.74 Å². The van der Waals surface area contributed by atoms with Crippen LogP contribution in [0, 0.1) is 10.5 Å². The number of rotatable bonds is 6. The molecule has 0 bridgehead atoms. The Hall–Kier alpha value is -2.67. The van der Waals surface area contributed by atoms with Gasteiger partial charge in [0.2, 0.25) is 0 Å². The Morgan fingerprint density at radius 2 is 1.36 bits per heavy atom. The molecule has 0 aliphatic heterocycles. The van der Waals surface area contributed by atoms with E-state index in [1.54, 1.807) is 36.4 Å². The van der Waals surface area contributed by atoms with Crippen molar-refractivity contribution < 1.29 is 19.1 Å². The number of halogens is 1. The number of benzene rings is 3. The molecule has 0 fully saturated rings. The first-order chi connectivity index (χ1) is 13.5. The molecule has 0 aromatic heterocycles. The third kappa shape index (κ3) is 5.66. The predicted molar refractivity (Wildman–Crippen MR) is 116 cm³/mol. The summed E-state index contributed by atoms with van der Waals surface area (Å²) >= 11 is 2.18. The highest BCUT2D eigenvalue weighted by Gasteiger charge is 2.09. The molecule has 0 saturated carbocycles. The minimum atomic E-state index is -0.392. The zero-order valence-electron chi connectivity index (χ0n) is 15.4. The number of carbonyl (C=O) groups is 2. The number of aryl methyl sites for hydroxylation is 1. The molecular formula is C23H19IO4. The van der Waals surface area contributed by atoms with Crippen LogP contribution >= 0.6 is 22.6 Å². The van der Waals surface area contributed by atoms with Gasteiger partial charge in [-0.25, -0.2) is 9.59 Å². The molecule has 4 nitrogen and oxygen atoms in total. The van der Waals surface area contributed by atoms with Gasteiger partial charge in [0.25, 0.3) is 0 Å². The Balaban J connectivity index is 1.49. The first-order valence-corrected chi connectivity index (χ1v) is 9.89. The minimum Gasteiger partial charge on any atom is -0.462 e. The smallest absolute Gasteiger partial charge is 0.343 e. The molecule has 5 heteroatoms. The van der Waals surface area contributed by atoms with E-state index in [0.717, 1.165) is 14.7 Å². The Bertz CT molecular complexity index is 945. The normalized spacial score (nSPS) is 10.4. The molecule has 0 amide bonds. The molecule has 0 spiro atoms. The fourth-order valence-corrected chi connectivity index (χ4v) is 2.87. The average molecular weight is 486 g/mol. The second-order valence-electron chi connectivity index (χ2n) is 6.29. The summed E-state index contributed by atoms with van der Waals surface area (Å²) in [7, 11) is 0. The molecule has 0 radical (unpaired) electrons. The summed E-state index contributed by atoms with van der Waals surface area (Å²) < 4.78 is 11.7. The summed E-state index contributed by atoms with van der Waals surface area (Å²) in [5, 5.41) is 0. The molecule has 142 valence electrons. The molecule has 0 saturated heterocycles. The van der Waals surface area contributed by atoms with Crippen LogP contribution in [0.15, 0.2) is 72.8 Å². The van der Waals surface area contributed by atoms with Crippen molar-refractivity contribution in [2.75, 3.05) is 6.61 Å². The Kier molecular flexibility index (Phi) is 6.81. The lowest BCUT2D eigenvalue weighted by Crippen LogP contribution is -2.09. The van der Waals surface area contributed by atoms with Crippen molar-refractivity contribution in [3.8, 4) is 5.75 Å². The number of carbonyl (C=O) groups excluding carboxylic acids is 2. The van der Waals surface area contributed by atoms with Crippen LogP contribution in [-0.2, 0) is 11.2 Å². The molecule has 0 heterocycles. The van der Waals surface area contributed by atoms with Gasteiger partial charge in [-0.05, 0) is 83.6 Å². The van der Waals surface area contributed by atoms with Gasteiger partial charge in [0.1, 0.15) is 5.75 Å². The molecule has 28 heavy (non-hydrogen) atoms. The van der Waals surface area contributed by atoms with Crippen molar-refractivity contribution in [2.24, 2.45) is 0 Å². The lowest BCUT2D eigenvalue weighted by Gasteiger charge is -2.07. The fourth-order valence-electron chi connectivity index (χ4n) is 2.51. The van der Waals surface area contributed by atoms with Crippen molar-refractivity contribution in [3.63, 3.8) is 0 Å². The monoisotopic (exact) mass is 486 g/mol. The van der Waals surface area contributed by atoms with Gasteiger partial charge in [0, 0.05) is 9.99 Å². The van der Waals surface area contributed by atoms with E-state index < -0.39 is 5.97 Å². The Labute approximate surface area is 177 Å². The van der Waals surface area contributed by atoms with E-state index in [1.165, 1.54) is 0 Å². The van der Waals surface area contributed by atoms with E-state index in [0.29, 0.717) is 23.3 Å². The van der Waals surface area contributed by atoms with Crippen molar-refractivity contribution in [2.45, 2.75) is 13.3 Å². The van der Waals surface area contributed by atoms with Crippen LogP contribution in [-0.4, -0.2) is 18.5 Å². The third-order valence-electron chi connectivity index (χ3n) is 4.12. The fraction of sp³-hybridized carbons (Fsp3) is 0.130. The maximum atomic E-state index is 12.1. The first-order valence-electron chi connectivity index (χ1n) is 8.82. The SMILES string of the molecule is Cc1ccc(C(=O)OCCc2ccc(OC(=O)c3ccc(I)cc3)cc2)cc1. The molecule has 0 N–H and O–H groups in total. The summed E-state index contributed by atoms with van der Waals surface area (Å²) in [6.07, 6.45) is 0.586. The molecule has 3 aromatic rings. The second kappa shape index (κ2) is 9.50. The molecule has 0 atom stereocenters. The maximum Gasteiger partial charge on any atom is 0.343 e. The highest BCUT2D eigenvalue weighted by atomic mass is 127. The van der Waals surface area contributed by atoms with Crippen molar-refractivity contribution in [1.29, 1.82) is 0 Å². The molecule has 0 unspecified atom stereocenters. The van der Waals surface area contributed by atoms with Crippen molar-refractivity contribution >= 4 is 34.5 Å².